The average molecular weight is 225 g/mol. The maximum absolute atomic E-state index is 11.5. The summed E-state index contributed by atoms with van der Waals surface area (Å²) in [6, 6.07) is 3.17. The van der Waals surface area contributed by atoms with E-state index in [9.17, 15) is 4.79 Å². The lowest BCUT2D eigenvalue weighted by atomic mass is 10.3. The predicted octanol–water partition coefficient (Wildman–Crippen LogP) is 2.43. The fourth-order valence-corrected chi connectivity index (χ4v) is 1.13. The molecule has 1 amide bonds. The number of pyridine rings is 1. The van der Waals surface area contributed by atoms with E-state index in [1.54, 1.807) is 12.1 Å². The van der Waals surface area contributed by atoms with Gasteiger partial charge in [-0.25, -0.2) is 0 Å². The van der Waals surface area contributed by atoms with Gasteiger partial charge in [-0.3, -0.25) is 9.78 Å². The summed E-state index contributed by atoms with van der Waals surface area (Å²) in [5, 5.41) is 3.23. The highest BCUT2D eigenvalue weighted by Gasteiger charge is 2.05. The number of halogens is 1. The third-order valence-electron chi connectivity index (χ3n) is 1.73. The van der Waals surface area contributed by atoms with Crippen LogP contribution in [0, 0.1) is 0 Å². The molecule has 3 nitrogen and oxygen atoms in total. The fraction of sp³-hybridized carbons (Fsp3) is 0.273. The van der Waals surface area contributed by atoms with Gasteiger partial charge in [-0.1, -0.05) is 23.3 Å². The molecule has 0 saturated heterocycles. The van der Waals surface area contributed by atoms with Crippen LogP contribution in [-0.4, -0.2) is 17.4 Å². The van der Waals surface area contributed by atoms with Gasteiger partial charge in [0.05, 0.1) is 0 Å². The smallest absolute Gasteiger partial charge is 0.270 e. The van der Waals surface area contributed by atoms with E-state index in [-0.39, 0.29) is 5.91 Å². The minimum atomic E-state index is -0.213. The topological polar surface area (TPSA) is 42.0 Å². The molecule has 0 aliphatic carbocycles. The second-order valence-electron chi connectivity index (χ2n) is 3.35. The summed E-state index contributed by atoms with van der Waals surface area (Å²) in [7, 11) is 0. The molecule has 0 fully saturated rings. The number of hydrogen-bond donors (Lipinski definition) is 1. The molecule has 1 aromatic rings. The van der Waals surface area contributed by atoms with Gasteiger partial charge in [-0.05, 0) is 26.0 Å². The van der Waals surface area contributed by atoms with Crippen LogP contribution in [0.3, 0.4) is 0 Å². The molecule has 0 radical (unpaired) electrons. The van der Waals surface area contributed by atoms with Crippen molar-refractivity contribution in [3.8, 4) is 0 Å². The standard InChI is InChI=1S/C11H13ClN2O/c1-8(2)3-5-14-11(15)10-7-9(12)4-6-13-10/h3-4,6-7H,5H2,1-2H3,(H,14,15). The van der Waals surface area contributed by atoms with E-state index in [1.807, 2.05) is 19.9 Å². The number of rotatable bonds is 3. The Morgan fingerprint density at radius 3 is 2.93 bits per heavy atom. The maximum atomic E-state index is 11.5. The largest absolute Gasteiger partial charge is 0.347 e. The van der Waals surface area contributed by atoms with Gasteiger partial charge in [0.2, 0.25) is 0 Å². The average Bonchev–Trinajstić information content (AvgIpc) is 2.17. The quantitative estimate of drug-likeness (QED) is 0.802. The summed E-state index contributed by atoms with van der Waals surface area (Å²) in [6.07, 6.45) is 3.45. The Hall–Kier alpha value is -1.35. The summed E-state index contributed by atoms with van der Waals surface area (Å²) in [6.45, 7) is 4.46. The van der Waals surface area contributed by atoms with Crippen molar-refractivity contribution in [1.82, 2.24) is 10.3 Å². The molecule has 0 unspecified atom stereocenters. The number of nitrogens with zero attached hydrogens (tertiary/aromatic N) is 1. The molecular weight excluding hydrogens is 212 g/mol. The zero-order chi connectivity index (χ0) is 11.3. The van der Waals surface area contributed by atoms with Crippen molar-refractivity contribution in [2.24, 2.45) is 0 Å². The highest BCUT2D eigenvalue weighted by molar-refractivity contribution is 6.30. The Morgan fingerprint density at radius 1 is 1.60 bits per heavy atom. The molecule has 4 heteroatoms. The SMILES string of the molecule is CC(C)=CCNC(=O)c1cc(Cl)ccn1. The van der Waals surface area contributed by atoms with E-state index in [4.69, 9.17) is 11.6 Å². The normalized spacial score (nSPS) is 9.53. The minimum Gasteiger partial charge on any atom is -0.347 e. The molecule has 0 atom stereocenters. The molecule has 0 aliphatic heterocycles. The Balaban J connectivity index is 2.58. The van der Waals surface area contributed by atoms with Crippen molar-refractivity contribution in [2.45, 2.75) is 13.8 Å². The second-order valence-corrected chi connectivity index (χ2v) is 3.79. The van der Waals surface area contributed by atoms with Crippen LogP contribution in [0.1, 0.15) is 24.3 Å². The summed E-state index contributed by atoms with van der Waals surface area (Å²) in [4.78, 5) is 15.4. The Labute approximate surface area is 94.2 Å². The van der Waals surface area contributed by atoms with E-state index >= 15 is 0 Å². The van der Waals surface area contributed by atoms with Crippen molar-refractivity contribution in [2.75, 3.05) is 6.54 Å². The van der Waals surface area contributed by atoms with Crippen molar-refractivity contribution in [3.63, 3.8) is 0 Å². The highest BCUT2D eigenvalue weighted by Crippen LogP contribution is 2.07. The predicted molar refractivity (Wildman–Crippen MR) is 61.0 cm³/mol. The van der Waals surface area contributed by atoms with E-state index in [0.717, 1.165) is 5.57 Å². The molecule has 0 aromatic carbocycles. The molecule has 0 spiro atoms. The van der Waals surface area contributed by atoms with Crippen LogP contribution in [0.15, 0.2) is 30.0 Å². The van der Waals surface area contributed by atoms with Gasteiger partial charge >= 0.3 is 0 Å². The van der Waals surface area contributed by atoms with Crippen molar-refractivity contribution >= 4 is 17.5 Å². The number of amides is 1. The molecule has 0 aliphatic rings. The molecule has 0 saturated carbocycles. The summed E-state index contributed by atoms with van der Waals surface area (Å²) in [5.41, 5.74) is 1.50. The molecule has 1 heterocycles. The summed E-state index contributed by atoms with van der Waals surface area (Å²) < 4.78 is 0. The van der Waals surface area contributed by atoms with Gasteiger partial charge in [0, 0.05) is 17.8 Å². The third kappa shape index (κ3) is 4.13. The lowest BCUT2D eigenvalue weighted by molar-refractivity contribution is 0.0953. The van der Waals surface area contributed by atoms with Crippen LogP contribution < -0.4 is 5.32 Å². The van der Waals surface area contributed by atoms with Gasteiger partial charge in [0.25, 0.3) is 5.91 Å². The summed E-state index contributed by atoms with van der Waals surface area (Å²) >= 11 is 5.74. The van der Waals surface area contributed by atoms with Gasteiger partial charge < -0.3 is 5.32 Å². The first kappa shape index (κ1) is 11.7. The first-order chi connectivity index (χ1) is 7.09. The first-order valence-electron chi connectivity index (χ1n) is 4.62. The number of nitrogens with one attached hydrogen (secondary N) is 1. The molecule has 15 heavy (non-hydrogen) atoms. The first-order valence-corrected chi connectivity index (χ1v) is 5.00. The minimum absolute atomic E-state index is 0.213. The van der Waals surface area contributed by atoms with Gasteiger partial charge in [0.15, 0.2) is 0 Å². The monoisotopic (exact) mass is 224 g/mol. The van der Waals surface area contributed by atoms with Gasteiger partial charge in [-0.15, -0.1) is 0 Å². The van der Waals surface area contributed by atoms with Crippen LogP contribution >= 0.6 is 11.6 Å². The van der Waals surface area contributed by atoms with Crippen LogP contribution in [-0.2, 0) is 0 Å². The number of hydrogen-bond acceptors (Lipinski definition) is 2. The lowest BCUT2D eigenvalue weighted by Crippen LogP contribution is -2.24. The molecule has 80 valence electrons. The van der Waals surface area contributed by atoms with Gasteiger partial charge in [-0.2, -0.15) is 0 Å². The molecular formula is C11H13ClN2O. The Bertz CT molecular complexity index is 384. The number of carbonyl (C=O) groups is 1. The van der Waals surface area contributed by atoms with Crippen LogP contribution in [0.2, 0.25) is 5.02 Å². The van der Waals surface area contributed by atoms with Gasteiger partial charge in [0.1, 0.15) is 5.69 Å². The highest BCUT2D eigenvalue weighted by atomic mass is 35.5. The van der Waals surface area contributed by atoms with Crippen molar-refractivity contribution in [1.29, 1.82) is 0 Å². The molecule has 1 aromatic heterocycles. The second kappa shape index (κ2) is 5.51. The van der Waals surface area contributed by atoms with Crippen LogP contribution in [0.4, 0.5) is 0 Å². The van der Waals surface area contributed by atoms with E-state index in [2.05, 4.69) is 10.3 Å². The molecule has 1 N–H and O–H groups in total. The number of carbonyl (C=O) groups excluding carboxylic acids is 1. The Kier molecular flexibility index (Phi) is 4.31. The zero-order valence-corrected chi connectivity index (χ0v) is 9.51. The summed E-state index contributed by atoms with van der Waals surface area (Å²) in [5.74, 6) is -0.213. The van der Waals surface area contributed by atoms with Crippen molar-refractivity contribution < 1.29 is 4.79 Å². The number of aromatic nitrogens is 1. The zero-order valence-electron chi connectivity index (χ0n) is 8.75. The molecule has 1 rings (SSSR count). The van der Waals surface area contributed by atoms with Crippen LogP contribution in [0.25, 0.3) is 0 Å². The number of allylic oxidation sites excluding steroid dienone is 1. The van der Waals surface area contributed by atoms with Crippen LogP contribution in [0.5, 0.6) is 0 Å². The van der Waals surface area contributed by atoms with E-state index in [0.29, 0.717) is 17.3 Å². The lowest BCUT2D eigenvalue weighted by Gasteiger charge is -2.01. The van der Waals surface area contributed by atoms with Crippen molar-refractivity contribution in [3.05, 3.63) is 40.7 Å². The Morgan fingerprint density at radius 2 is 2.33 bits per heavy atom. The van der Waals surface area contributed by atoms with E-state index in [1.165, 1.54) is 6.20 Å². The fourth-order valence-electron chi connectivity index (χ4n) is 0.967. The third-order valence-corrected chi connectivity index (χ3v) is 1.96. The maximum Gasteiger partial charge on any atom is 0.270 e. The molecule has 0 bridgehead atoms. The van der Waals surface area contributed by atoms with E-state index < -0.39 is 0 Å².